The van der Waals surface area contributed by atoms with Crippen LogP contribution in [0.1, 0.15) is 0 Å². The van der Waals surface area contributed by atoms with Crippen molar-refractivity contribution >= 4 is 0 Å². The summed E-state index contributed by atoms with van der Waals surface area (Å²) in [5.74, 6) is 0. The minimum Gasteiger partial charge on any atom is -0.394 e. The van der Waals surface area contributed by atoms with Gasteiger partial charge in [0.1, 0.15) is 12.2 Å². The first-order chi connectivity index (χ1) is 5.62. The summed E-state index contributed by atoms with van der Waals surface area (Å²) < 4.78 is 0. The smallest absolute Gasteiger partial charge is 0.100 e. The van der Waals surface area contributed by atoms with Gasteiger partial charge in [0.15, 0.2) is 0 Å². The molecule has 0 aromatic heterocycles. The number of hydrogen-bond donors (Lipinski definition) is 6. The van der Waals surface area contributed by atoms with Crippen LogP contribution in [0, 0.1) is 0 Å². The van der Waals surface area contributed by atoms with Crippen LogP contribution in [0.2, 0.25) is 0 Å². The van der Waals surface area contributed by atoms with Crippen molar-refractivity contribution in [2.45, 2.75) is 12.2 Å². The Labute approximate surface area is 91.3 Å². The van der Waals surface area contributed by atoms with E-state index < -0.39 is 12.2 Å². The molecule has 0 heterocycles. The topological polar surface area (TPSA) is 121 Å². The van der Waals surface area contributed by atoms with E-state index in [0.29, 0.717) is 0 Å². The van der Waals surface area contributed by atoms with Gasteiger partial charge in [-0.05, 0) is 0 Å². The average molecular weight is 232 g/mol. The number of hydrogen-bond acceptors (Lipinski definition) is 6. The zero-order valence-electron chi connectivity index (χ0n) is 7.17. The van der Waals surface area contributed by atoms with Crippen LogP contribution in [0.15, 0.2) is 0 Å². The van der Waals surface area contributed by atoms with Crippen molar-refractivity contribution in [2.75, 3.05) is 26.4 Å². The van der Waals surface area contributed by atoms with Crippen LogP contribution in [-0.4, -0.2) is 69.3 Å². The van der Waals surface area contributed by atoms with Crippen LogP contribution in [0.25, 0.3) is 0 Å². The molecule has 0 saturated carbocycles. The molecule has 7 heteroatoms. The summed E-state index contributed by atoms with van der Waals surface area (Å²) in [5, 5.41) is 48.0. The Balaban J connectivity index is -0.000000143. The van der Waals surface area contributed by atoms with Crippen molar-refractivity contribution in [3.8, 4) is 0 Å². The van der Waals surface area contributed by atoms with Gasteiger partial charge in [0.25, 0.3) is 0 Å². The Kier molecular flexibility index (Phi) is 22.0. The van der Waals surface area contributed by atoms with Crippen LogP contribution < -0.4 is 0 Å². The second-order valence-electron chi connectivity index (χ2n) is 2.04. The number of rotatable bonds is 4. The van der Waals surface area contributed by atoms with Gasteiger partial charge in [-0.25, -0.2) is 0 Å². The van der Waals surface area contributed by atoms with Crippen LogP contribution in [0.5, 0.6) is 0 Å². The molecule has 0 aliphatic rings. The molecule has 13 heavy (non-hydrogen) atoms. The molecule has 0 spiro atoms. The van der Waals surface area contributed by atoms with E-state index in [0.717, 1.165) is 0 Å². The SMILES string of the molecule is OCC(O)CO.OCC(O)CO.[Ti]. The molecule has 6 nitrogen and oxygen atoms in total. The molecule has 0 fully saturated rings. The van der Waals surface area contributed by atoms with E-state index >= 15 is 0 Å². The van der Waals surface area contributed by atoms with Gasteiger partial charge in [-0.2, -0.15) is 0 Å². The third kappa shape index (κ3) is 19.1. The Morgan fingerprint density at radius 2 is 0.769 bits per heavy atom. The van der Waals surface area contributed by atoms with Crippen molar-refractivity contribution in [3.63, 3.8) is 0 Å². The molecule has 0 aliphatic heterocycles. The molecule has 0 aromatic rings. The zero-order valence-corrected chi connectivity index (χ0v) is 8.73. The maximum atomic E-state index is 8.17. The van der Waals surface area contributed by atoms with Gasteiger partial charge >= 0.3 is 0 Å². The molecule has 0 atom stereocenters. The summed E-state index contributed by atoms with van der Waals surface area (Å²) in [6.07, 6.45) is -1.91. The zero-order chi connectivity index (χ0) is 9.98. The quantitative estimate of drug-likeness (QED) is 0.282. The second-order valence-corrected chi connectivity index (χ2v) is 2.04. The third-order valence-corrected chi connectivity index (χ3v) is 0.843. The summed E-state index contributed by atoms with van der Waals surface area (Å²) in [7, 11) is 0. The van der Waals surface area contributed by atoms with E-state index in [-0.39, 0.29) is 48.1 Å². The van der Waals surface area contributed by atoms with Crippen molar-refractivity contribution in [2.24, 2.45) is 0 Å². The Hall–Kier alpha value is 0.474. The van der Waals surface area contributed by atoms with E-state index in [2.05, 4.69) is 0 Å². The van der Waals surface area contributed by atoms with Gasteiger partial charge in [-0.1, -0.05) is 0 Å². The Morgan fingerprint density at radius 3 is 0.769 bits per heavy atom. The number of aliphatic hydroxyl groups excluding tert-OH is 6. The molecule has 0 unspecified atom stereocenters. The van der Waals surface area contributed by atoms with Crippen LogP contribution in [0.3, 0.4) is 0 Å². The van der Waals surface area contributed by atoms with Gasteiger partial charge in [0.2, 0.25) is 0 Å². The summed E-state index contributed by atoms with van der Waals surface area (Å²) in [6, 6.07) is 0. The predicted molar refractivity (Wildman–Crippen MR) is 40.4 cm³/mol. The summed E-state index contributed by atoms with van der Waals surface area (Å²) in [4.78, 5) is 0. The Morgan fingerprint density at radius 1 is 0.615 bits per heavy atom. The molecule has 80 valence electrons. The van der Waals surface area contributed by atoms with Crippen molar-refractivity contribution in [1.82, 2.24) is 0 Å². The minimum absolute atomic E-state index is 0. The Bertz CT molecular complexity index is 65.5. The van der Waals surface area contributed by atoms with Gasteiger partial charge in [-0.15, -0.1) is 0 Å². The van der Waals surface area contributed by atoms with Crippen molar-refractivity contribution < 1.29 is 52.4 Å². The standard InChI is InChI=1S/2C3H8O3.Ti/c2*4-1-3(6)2-5;/h2*3-6H,1-2H2;. The molecule has 0 saturated heterocycles. The fourth-order valence-electron chi connectivity index (χ4n) is 0.115. The van der Waals surface area contributed by atoms with Crippen molar-refractivity contribution in [3.05, 3.63) is 0 Å². The molecular weight excluding hydrogens is 216 g/mol. The van der Waals surface area contributed by atoms with E-state index in [1.54, 1.807) is 0 Å². The van der Waals surface area contributed by atoms with E-state index in [9.17, 15) is 0 Å². The predicted octanol–water partition coefficient (Wildman–Crippen LogP) is -3.34. The van der Waals surface area contributed by atoms with Crippen LogP contribution in [0.4, 0.5) is 0 Å². The molecule has 0 bridgehead atoms. The molecular formula is C6H16O6Ti. The van der Waals surface area contributed by atoms with E-state index in [4.69, 9.17) is 30.6 Å². The van der Waals surface area contributed by atoms with Crippen LogP contribution in [-0.2, 0) is 21.7 Å². The molecule has 0 rings (SSSR count). The normalized spacial score (nSPS) is 9.23. The first-order valence-electron chi connectivity index (χ1n) is 3.41. The van der Waals surface area contributed by atoms with E-state index in [1.807, 2.05) is 0 Å². The molecule has 0 aliphatic carbocycles. The fourth-order valence-corrected chi connectivity index (χ4v) is 0.115. The third-order valence-electron chi connectivity index (χ3n) is 0.843. The number of aliphatic hydroxyl groups is 6. The first-order valence-corrected chi connectivity index (χ1v) is 3.41. The van der Waals surface area contributed by atoms with Gasteiger partial charge < -0.3 is 30.6 Å². The molecule has 0 amide bonds. The maximum absolute atomic E-state index is 8.17. The van der Waals surface area contributed by atoms with Crippen molar-refractivity contribution in [1.29, 1.82) is 0 Å². The maximum Gasteiger partial charge on any atom is 0.100 e. The fraction of sp³-hybridized carbons (Fsp3) is 1.00. The average Bonchev–Trinajstić information content (AvgIpc) is 2.16. The van der Waals surface area contributed by atoms with Gasteiger partial charge in [0.05, 0.1) is 26.4 Å². The molecule has 0 radical (unpaired) electrons. The largest absolute Gasteiger partial charge is 0.394 e. The van der Waals surface area contributed by atoms with Gasteiger partial charge in [-0.3, -0.25) is 0 Å². The molecule has 6 N–H and O–H groups in total. The monoisotopic (exact) mass is 232 g/mol. The molecule has 0 aromatic carbocycles. The first kappa shape index (κ1) is 19.1. The summed E-state index contributed by atoms with van der Waals surface area (Å²) >= 11 is 0. The summed E-state index contributed by atoms with van der Waals surface area (Å²) in [5.41, 5.74) is 0. The van der Waals surface area contributed by atoms with E-state index in [1.165, 1.54) is 0 Å². The second kappa shape index (κ2) is 15.0. The van der Waals surface area contributed by atoms with Gasteiger partial charge in [0, 0.05) is 21.7 Å². The minimum atomic E-state index is -0.954. The van der Waals surface area contributed by atoms with Crippen LogP contribution >= 0.6 is 0 Å². The summed E-state index contributed by atoms with van der Waals surface area (Å²) in [6.45, 7) is -1.46.